The Morgan fingerprint density at radius 2 is 1.05 bits per heavy atom. The molecule has 0 saturated carbocycles. The van der Waals surface area contributed by atoms with E-state index in [-0.39, 0.29) is 42.7 Å². The summed E-state index contributed by atoms with van der Waals surface area (Å²) in [5, 5.41) is 15.6. The molecular formula is C62H82Cl2N6O7. The monoisotopic (exact) mass is 1090 g/mol. The number of likely N-dealkylation sites (tertiary alicyclic amines) is 1. The number of amides is 2. The highest BCUT2D eigenvalue weighted by atomic mass is 35.5. The highest BCUT2D eigenvalue weighted by Gasteiger charge is 2.37. The first-order valence-electron chi connectivity index (χ1n) is 28.4. The number of carbonyl (C=O) groups is 2. The van der Waals surface area contributed by atoms with Crippen LogP contribution in [0, 0.1) is 11.8 Å². The Balaban J connectivity index is 0.000000204. The summed E-state index contributed by atoms with van der Waals surface area (Å²) in [6, 6.07) is 27.5. The van der Waals surface area contributed by atoms with Gasteiger partial charge in [0.25, 0.3) is 0 Å². The van der Waals surface area contributed by atoms with Gasteiger partial charge in [0.05, 0.1) is 33.0 Å². The number of ether oxygens (including phenoxy) is 4. The van der Waals surface area contributed by atoms with Gasteiger partial charge in [-0.05, 0) is 172 Å². The van der Waals surface area contributed by atoms with Gasteiger partial charge in [0.15, 0.2) is 0 Å². The number of unbranched alkanes of at least 4 members (excludes halogenated alkanes) is 6. The molecule has 3 aliphatic heterocycles. The van der Waals surface area contributed by atoms with E-state index in [0.29, 0.717) is 49.5 Å². The number of aromatic amines is 2. The molecule has 2 atom stereocenters. The third kappa shape index (κ3) is 15.9. The van der Waals surface area contributed by atoms with E-state index < -0.39 is 0 Å². The average molecular weight is 1090 g/mol. The summed E-state index contributed by atoms with van der Waals surface area (Å²) < 4.78 is 23.4. The zero-order chi connectivity index (χ0) is 54.1. The average Bonchev–Trinajstić information content (AvgIpc) is 4.27. The second kappa shape index (κ2) is 29.0. The van der Waals surface area contributed by atoms with Crippen LogP contribution in [0.25, 0.3) is 21.8 Å². The minimum Gasteiger partial charge on any atom is -0.494 e. The first kappa shape index (κ1) is 57.7. The second-order valence-electron chi connectivity index (χ2n) is 21.7. The lowest BCUT2D eigenvalue weighted by atomic mass is 9.92. The van der Waals surface area contributed by atoms with E-state index in [4.69, 9.17) is 47.3 Å². The molecule has 13 nitrogen and oxygen atoms in total. The number of hydrogen-bond acceptors (Lipinski definition) is 9. The Hall–Kier alpha value is -5.44. The molecule has 2 unspecified atom stereocenters. The maximum Gasteiger partial charge on any atom is 0.410 e. The molecule has 2 aromatic heterocycles. The van der Waals surface area contributed by atoms with Gasteiger partial charge >= 0.3 is 12.2 Å². The fraction of sp³-hybridized carbons (Fsp3) is 0.516. The van der Waals surface area contributed by atoms with Crippen molar-refractivity contribution in [3.8, 4) is 11.5 Å². The van der Waals surface area contributed by atoms with Crippen molar-refractivity contribution in [2.45, 2.75) is 117 Å². The van der Waals surface area contributed by atoms with Crippen molar-refractivity contribution in [3.63, 3.8) is 0 Å². The summed E-state index contributed by atoms with van der Waals surface area (Å²) in [6.07, 6.45) is 12.8. The lowest BCUT2D eigenvalue weighted by Crippen LogP contribution is -2.41. The van der Waals surface area contributed by atoms with E-state index in [9.17, 15) is 9.59 Å². The zero-order valence-corrected chi connectivity index (χ0v) is 47.4. The van der Waals surface area contributed by atoms with Crippen LogP contribution < -0.4 is 14.8 Å². The maximum absolute atomic E-state index is 13.2. The number of carbonyl (C=O) groups excluding carboxylic acids is 2. The molecule has 2 amide bonds. The van der Waals surface area contributed by atoms with E-state index in [1.165, 1.54) is 62.9 Å². The number of H-pyrrole nitrogens is 2. The molecule has 5 heterocycles. The van der Waals surface area contributed by atoms with Gasteiger partial charge in [-0.2, -0.15) is 0 Å². The molecule has 0 bridgehead atoms. The number of nitrogens with one attached hydrogen (secondary N) is 3. The molecular weight excluding hydrogens is 1010 g/mol. The Morgan fingerprint density at radius 1 is 0.597 bits per heavy atom. The first-order valence-corrected chi connectivity index (χ1v) is 29.2. The van der Waals surface area contributed by atoms with Crippen LogP contribution in [0.15, 0.2) is 84.9 Å². The molecule has 0 aliphatic carbocycles. The van der Waals surface area contributed by atoms with Crippen molar-refractivity contribution < 1.29 is 33.6 Å². The van der Waals surface area contributed by atoms with Crippen molar-refractivity contribution >= 4 is 57.2 Å². The third-order valence-electron chi connectivity index (χ3n) is 14.8. The Morgan fingerprint density at radius 3 is 1.51 bits per heavy atom. The molecule has 1 saturated heterocycles. The van der Waals surface area contributed by atoms with Crippen LogP contribution in [0.2, 0.25) is 10.0 Å². The summed E-state index contributed by atoms with van der Waals surface area (Å²) in [5.41, 5.74) is 8.55. The van der Waals surface area contributed by atoms with Crippen LogP contribution in [-0.2, 0) is 22.3 Å². The molecule has 77 heavy (non-hydrogen) atoms. The van der Waals surface area contributed by atoms with E-state index >= 15 is 0 Å². The number of aromatic nitrogens is 2. The molecule has 416 valence electrons. The summed E-state index contributed by atoms with van der Waals surface area (Å²) in [4.78, 5) is 39.8. The van der Waals surface area contributed by atoms with Crippen LogP contribution in [0.1, 0.15) is 138 Å². The normalized spacial score (nSPS) is 16.4. The van der Waals surface area contributed by atoms with Gasteiger partial charge in [-0.25, -0.2) is 9.59 Å². The van der Waals surface area contributed by atoms with Gasteiger partial charge in [0.1, 0.15) is 23.6 Å². The number of hydrogen-bond donors (Lipinski definition) is 4. The number of fused-ring (bicyclic) bond motifs is 6. The minimum absolute atomic E-state index is 0.186. The molecule has 4 aromatic carbocycles. The maximum atomic E-state index is 13.2. The van der Waals surface area contributed by atoms with Crippen LogP contribution in [0.5, 0.6) is 11.5 Å². The number of aliphatic hydroxyl groups is 1. The number of aliphatic hydroxyl groups excluding tert-OH is 1. The van der Waals surface area contributed by atoms with Crippen LogP contribution in [0.4, 0.5) is 9.59 Å². The largest absolute Gasteiger partial charge is 0.494 e. The van der Waals surface area contributed by atoms with Crippen LogP contribution in [0.3, 0.4) is 0 Å². The standard InChI is InChI=1S/C32H42ClN3O3.C30H40ClN3O4/c1-23(2)22-39-32(37)36-19-15-27-28-21-25(33)11-14-29(28)34-30(27)31(36)24-9-12-26(13-10-24)38-20-8-4-3-5-16-35-17-6-7-18-35;1-21(2)20-38-30(36)34-16-13-25-26-19-23(31)9-12-27(26)33-28(25)29(34)22-7-10-24(11-8-22)37-18-6-4-3-5-14-32-15-17-35/h9-14,21,23,31,34H,3-8,15-20,22H2,1-2H3;7-12,19,21,29,32-33,35H,3-6,13-18,20H2,1-2H3. The summed E-state index contributed by atoms with van der Waals surface area (Å²) in [6.45, 7) is 17.1. The van der Waals surface area contributed by atoms with Gasteiger partial charge in [0.2, 0.25) is 0 Å². The number of nitrogens with zero attached hydrogens (tertiary/aromatic N) is 3. The molecule has 6 aromatic rings. The predicted molar refractivity (Wildman–Crippen MR) is 310 cm³/mol. The Bertz CT molecular complexity index is 2790. The highest BCUT2D eigenvalue weighted by Crippen LogP contribution is 2.42. The lowest BCUT2D eigenvalue weighted by Gasteiger charge is -2.35. The molecule has 4 N–H and O–H groups in total. The fourth-order valence-corrected chi connectivity index (χ4v) is 11.2. The van der Waals surface area contributed by atoms with Gasteiger partial charge in [0, 0.05) is 62.9 Å². The second-order valence-corrected chi connectivity index (χ2v) is 22.6. The quantitative estimate of drug-likeness (QED) is 0.0435. The van der Waals surface area contributed by atoms with Crippen molar-refractivity contribution in [2.24, 2.45) is 11.8 Å². The minimum atomic E-state index is -0.294. The molecule has 3 aliphatic rings. The lowest BCUT2D eigenvalue weighted by molar-refractivity contribution is 0.0791. The highest BCUT2D eigenvalue weighted by molar-refractivity contribution is 6.31. The third-order valence-corrected chi connectivity index (χ3v) is 15.2. The van der Waals surface area contributed by atoms with Crippen molar-refractivity contribution in [1.82, 2.24) is 30.0 Å². The SMILES string of the molecule is CC(C)COC(=O)N1CCc2c([nH]c3ccc(Cl)cc23)C1c1ccc(OCCCCCCN2CCCC2)cc1.CC(C)COC(=O)N1CCc2c([nH]c3ccc(Cl)cc23)C1c1ccc(OCCCCCCNCCO)cc1. The molecule has 9 rings (SSSR count). The predicted octanol–water partition coefficient (Wildman–Crippen LogP) is 13.7. The fourth-order valence-electron chi connectivity index (χ4n) is 10.8. The van der Waals surface area contributed by atoms with E-state index in [2.05, 4.69) is 32.3 Å². The van der Waals surface area contributed by atoms with Gasteiger partial charge in [-0.1, -0.05) is 101 Å². The number of rotatable bonds is 24. The van der Waals surface area contributed by atoms with E-state index in [0.717, 1.165) is 114 Å². The van der Waals surface area contributed by atoms with Crippen molar-refractivity contribution in [1.29, 1.82) is 0 Å². The summed E-state index contributed by atoms with van der Waals surface area (Å²) >= 11 is 12.6. The van der Waals surface area contributed by atoms with Gasteiger partial charge < -0.3 is 44.2 Å². The number of halogens is 2. The zero-order valence-electron chi connectivity index (χ0n) is 45.9. The first-order chi connectivity index (χ1) is 37.5. The van der Waals surface area contributed by atoms with E-state index in [1.54, 1.807) is 0 Å². The van der Waals surface area contributed by atoms with Crippen molar-refractivity contribution in [3.05, 3.63) is 129 Å². The van der Waals surface area contributed by atoms with Gasteiger partial charge in [-0.3, -0.25) is 9.80 Å². The summed E-state index contributed by atoms with van der Waals surface area (Å²) in [7, 11) is 0. The molecule has 15 heteroatoms. The Labute approximate surface area is 466 Å². The summed E-state index contributed by atoms with van der Waals surface area (Å²) in [5.74, 6) is 2.24. The van der Waals surface area contributed by atoms with Gasteiger partial charge in [-0.15, -0.1) is 0 Å². The van der Waals surface area contributed by atoms with Crippen molar-refractivity contribution in [2.75, 3.05) is 78.8 Å². The van der Waals surface area contributed by atoms with E-state index in [1.807, 2.05) is 110 Å². The smallest absolute Gasteiger partial charge is 0.410 e. The topological polar surface area (TPSA) is 145 Å². The molecule has 0 spiro atoms. The molecule has 1 fully saturated rings. The van der Waals surface area contributed by atoms with Crippen LogP contribution in [-0.4, -0.2) is 121 Å². The van der Waals surface area contributed by atoms with Crippen LogP contribution >= 0.6 is 23.2 Å². The number of benzene rings is 4. The molecule has 0 radical (unpaired) electrons. The Kier molecular flexibility index (Phi) is 21.7.